The van der Waals surface area contributed by atoms with E-state index in [1.807, 2.05) is 17.9 Å². The smallest absolute Gasteiger partial charge is 0.193 e. The van der Waals surface area contributed by atoms with Gasteiger partial charge in [-0.1, -0.05) is 6.42 Å². The Kier molecular flexibility index (Phi) is 6.46. The largest absolute Gasteiger partial charge is 0.357 e. The van der Waals surface area contributed by atoms with Gasteiger partial charge in [-0.25, -0.2) is 0 Å². The van der Waals surface area contributed by atoms with Crippen LogP contribution in [0.25, 0.3) is 0 Å². The first-order valence-electron chi connectivity index (χ1n) is 11.2. The number of aliphatic imine (C=N–C) groups is 1. The summed E-state index contributed by atoms with van der Waals surface area (Å²) in [6, 6.07) is 0. The Balaban J connectivity index is 1.32. The van der Waals surface area contributed by atoms with Crippen LogP contribution in [0.3, 0.4) is 0 Å². The molecule has 0 bridgehead atoms. The molecule has 2 aromatic heterocycles. The molecular weight excluding hydrogens is 364 g/mol. The molecule has 0 aliphatic carbocycles. The molecule has 29 heavy (non-hydrogen) atoms. The summed E-state index contributed by atoms with van der Waals surface area (Å²) in [4.78, 5) is 7.31. The lowest BCUT2D eigenvalue weighted by atomic mass is 10.0. The Morgan fingerprint density at radius 1 is 1.24 bits per heavy atom. The van der Waals surface area contributed by atoms with Crippen LogP contribution in [0.15, 0.2) is 17.4 Å². The minimum absolute atomic E-state index is 0.541. The van der Waals surface area contributed by atoms with Crippen molar-refractivity contribution >= 4 is 5.96 Å². The van der Waals surface area contributed by atoms with E-state index in [1.54, 1.807) is 0 Å². The lowest BCUT2D eigenvalue weighted by Crippen LogP contribution is -2.40. The topological polar surface area (TPSA) is 76.2 Å². The number of hydrogen-bond acceptors (Lipinski definition) is 4. The molecule has 2 aliphatic rings. The highest BCUT2D eigenvalue weighted by Crippen LogP contribution is 2.26. The van der Waals surface area contributed by atoms with E-state index in [2.05, 4.69) is 43.2 Å². The minimum Gasteiger partial charge on any atom is -0.357 e. The summed E-state index contributed by atoms with van der Waals surface area (Å²) in [5.74, 6) is 3.89. The zero-order chi connectivity index (χ0) is 20.1. The summed E-state index contributed by atoms with van der Waals surface area (Å²) in [6.45, 7) is 6.98. The van der Waals surface area contributed by atoms with Crippen molar-refractivity contribution < 1.29 is 0 Å². The molecular formula is C21H34N8. The van der Waals surface area contributed by atoms with Gasteiger partial charge in [-0.3, -0.25) is 9.67 Å². The Bertz CT molecular complexity index is 821. The monoisotopic (exact) mass is 398 g/mol. The molecule has 1 saturated heterocycles. The maximum Gasteiger partial charge on any atom is 0.193 e. The van der Waals surface area contributed by atoms with Crippen molar-refractivity contribution in [3.8, 4) is 0 Å². The second-order valence-electron chi connectivity index (χ2n) is 8.21. The highest BCUT2D eigenvalue weighted by atomic mass is 15.3. The third-order valence-corrected chi connectivity index (χ3v) is 6.03. The number of guanidine groups is 1. The van der Waals surface area contributed by atoms with Crippen LogP contribution in [-0.4, -0.2) is 61.6 Å². The summed E-state index contributed by atoms with van der Waals surface area (Å²) in [6.07, 6.45) is 12.1. The van der Waals surface area contributed by atoms with Gasteiger partial charge in [0.2, 0.25) is 0 Å². The SMILES string of the molecule is CCNC(=NCCCc1nnc2n1CCCCC2)N1CCC(c2cnn(C)c2)C1. The molecule has 1 unspecified atom stereocenters. The van der Waals surface area contributed by atoms with E-state index in [-0.39, 0.29) is 0 Å². The number of aryl methyl sites for hydroxylation is 3. The number of hydrogen-bond donors (Lipinski definition) is 1. The molecule has 2 aliphatic heterocycles. The fourth-order valence-electron chi connectivity index (χ4n) is 4.45. The number of rotatable bonds is 6. The number of nitrogens with zero attached hydrogens (tertiary/aromatic N) is 7. The van der Waals surface area contributed by atoms with Gasteiger partial charge in [0.1, 0.15) is 11.6 Å². The van der Waals surface area contributed by atoms with Crippen LogP contribution >= 0.6 is 0 Å². The molecule has 4 rings (SSSR count). The van der Waals surface area contributed by atoms with Crippen molar-refractivity contribution in [1.82, 2.24) is 34.8 Å². The van der Waals surface area contributed by atoms with E-state index in [0.29, 0.717) is 5.92 Å². The Labute approximate surface area is 173 Å². The van der Waals surface area contributed by atoms with Gasteiger partial charge in [0.15, 0.2) is 5.96 Å². The predicted molar refractivity (Wildman–Crippen MR) is 114 cm³/mol. The van der Waals surface area contributed by atoms with Crippen molar-refractivity contribution in [2.24, 2.45) is 12.0 Å². The van der Waals surface area contributed by atoms with Gasteiger partial charge in [-0.15, -0.1) is 10.2 Å². The molecule has 8 nitrogen and oxygen atoms in total. The van der Waals surface area contributed by atoms with Crippen LogP contribution < -0.4 is 5.32 Å². The average molecular weight is 399 g/mol. The highest BCUT2D eigenvalue weighted by Gasteiger charge is 2.26. The summed E-state index contributed by atoms with van der Waals surface area (Å²) >= 11 is 0. The Hall–Kier alpha value is -2.38. The van der Waals surface area contributed by atoms with Crippen molar-refractivity contribution in [2.75, 3.05) is 26.2 Å². The first kappa shape index (κ1) is 19.9. The summed E-state index contributed by atoms with van der Waals surface area (Å²) in [7, 11) is 1.98. The van der Waals surface area contributed by atoms with Crippen LogP contribution in [0.2, 0.25) is 0 Å². The Morgan fingerprint density at radius 2 is 2.17 bits per heavy atom. The fraction of sp³-hybridized carbons (Fsp3) is 0.714. The molecule has 1 atom stereocenters. The molecule has 2 aromatic rings. The van der Waals surface area contributed by atoms with Crippen molar-refractivity contribution in [1.29, 1.82) is 0 Å². The molecule has 0 spiro atoms. The van der Waals surface area contributed by atoms with Crippen LogP contribution in [0, 0.1) is 0 Å². The number of likely N-dealkylation sites (tertiary alicyclic amines) is 1. The van der Waals surface area contributed by atoms with Gasteiger partial charge in [0, 0.05) is 64.7 Å². The number of fused-ring (bicyclic) bond motifs is 1. The predicted octanol–water partition coefficient (Wildman–Crippen LogP) is 2.13. The summed E-state index contributed by atoms with van der Waals surface area (Å²) in [5, 5.41) is 16.7. The number of nitrogens with one attached hydrogen (secondary N) is 1. The van der Waals surface area contributed by atoms with Gasteiger partial charge >= 0.3 is 0 Å². The van der Waals surface area contributed by atoms with E-state index < -0.39 is 0 Å². The number of aromatic nitrogens is 5. The minimum atomic E-state index is 0.541. The van der Waals surface area contributed by atoms with E-state index in [1.165, 1.54) is 30.7 Å². The molecule has 158 valence electrons. The molecule has 8 heteroatoms. The van der Waals surface area contributed by atoms with E-state index in [0.717, 1.165) is 70.2 Å². The van der Waals surface area contributed by atoms with Crippen molar-refractivity contribution in [2.45, 2.75) is 64.3 Å². The second-order valence-corrected chi connectivity index (χ2v) is 8.21. The maximum absolute atomic E-state index is 4.91. The molecule has 0 aromatic carbocycles. The summed E-state index contributed by atoms with van der Waals surface area (Å²) < 4.78 is 4.24. The van der Waals surface area contributed by atoms with E-state index in [9.17, 15) is 0 Å². The first-order chi connectivity index (χ1) is 14.2. The molecule has 0 saturated carbocycles. The fourth-order valence-corrected chi connectivity index (χ4v) is 4.45. The molecule has 1 N–H and O–H groups in total. The van der Waals surface area contributed by atoms with Crippen LogP contribution in [0.1, 0.15) is 62.2 Å². The molecule has 1 fully saturated rings. The summed E-state index contributed by atoms with van der Waals surface area (Å²) in [5.41, 5.74) is 1.33. The molecule has 0 amide bonds. The van der Waals surface area contributed by atoms with Gasteiger partial charge in [-0.05, 0) is 38.2 Å². The van der Waals surface area contributed by atoms with Gasteiger partial charge in [0.25, 0.3) is 0 Å². The lowest BCUT2D eigenvalue weighted by Gasteiger charge is -2.21. The van der Waals surface area contributed by atoms with Crippen molar-refractivity contribution in [3.63, 3.8) is 0 Å². The highest BCUT2D eigenvalue weighted by molar-refractivity contribution is 5.80. The van der Waals surface area contributed by atoms with Gasteiger partial charge in [0.05, 0.1) is 6.20 Å². The molecule has 4 heterocycles. The van der Waals surface area contributed by atoms with Crippen LogP contribution in [0.5, 0.6) is 0 Å². The molecule has 0 radical (unpaired) electrons. The van der Waals surface area contributed by atoms with Gasteiger partial charge in [-0.2, -0.15) is 5.10 Å². The lowest BCUT2D eigenvalue weighted by molar-refractivity contribution is 0.485. The second kappa shape index (κ2) is 9.41. The van der Waals surface area contributed by atoms with Crippen molar-refractivity contribution in [3.05, 3.63) is 29.6 Å². The van der Waals surface area contributed by atoms with E-state index in [4.69, 9.17) is 4.99 Å². The van der Waals surface area contributed by atoms with E-state index >= 15 is 0 Å². The average Bonchev–Trinajstić information content (AvgIpc) is 3.42. The standard InChI is InChI=1S/C21H34N8/c1-3-22-21(28-13-10-17(16-28)18-14-24-27(2)15-18)23-11-7-9-20-26-25-19-8-5-4-6-12-29(19)20/h14-15,17H,3-13,16H2,1-2H3,(H,22,23). The first-order valence-corrected chi connectivity index (χ1v) is 11.2. The van der Waals surface area contributed by atoms with Crippen LogP contribution in [0.4, 0.5) is 0 Å². The normalized spacial score (nSPS) is 20.0. The van der Waals surface area contributed by atoms with Crippen LogP contribution in [-0.2, 0) is 26.4 Å². The third kappa shape index (κ3) is 4.79. The zero-order valence-corrected chi connectivity index (χ0v) is 17.8. The maximum atomic E-state index is 4.91. The third-order valence-electron chi connectivity index (χ3n) is 6.03. The van der Waals surface area contributed by atoms with Gasteiger partial charge < -0.3 is 14.8 Å². The zero-order valence-electron chi connectivity index (χ0n) is 17.8. The quantitative estimate of drug-likeness (QED) is 0.458. The Morgan fingerprint density at radius 3 is 3.00 bits per heavy atom.